The molecule has 11 heteroatoms. The van der Waals surface area contributed by atoms with Crippen LogP contribution in [0.3, 0.4) is 0 Å². The van der Waals surface area contributed by atoms with Crippen LogP contribution >= 0.6 is 15.9 Å². The molecule has 1 aliphatic heterocycles. The molecule has 5 rings (SSSR count). The maximum atomic E-state index is 13.2. The number of rotatable bonds is 4. The summed E-state index contributed by atoms with van der Waals surface area (Å²) in [6.07, 6.45) is 3.60. The van der Waals surface area contributed by atoms with Crippen LogP contribution < -0.4 is 5.32 Å². The van der Waals surface area contributed by atoms with Gasteiger partial charge in [-0.1, -0.05) is 6.07 Å². The predicted molar refractivity (Wildman–Crippen MR) is 130 cm³/mol. The van der Waals surface area contributed by atoms with Crippen LogP contribution in [0.1, 0.15) is 13.8 Å². The van der Waals surface area contributed by atoms with E-state index in [1.54, 1.807) is 15.4 Å². The summed E-state index contributed by atoms with van der Waals surface area (Å²) in [7, 11) is 3.94. The lowest BCUT2D eigenvalue weighted by Gasteiger charge is -2.38. The van der Waals surface area contributed by atoms with Crippen molar-refractivity contribution >= 4 is 44.3 Å². The van der Waals surface area contributed by atoms with Crippen LogP contribution in [-0.2, 0) is 11.8 Å². The molecule has 33 heavy (non-hydrogen) atoms. The molecule has 0 bridgehead atoms. The minimum Gasteiger partial charge on any atom is -0.343 e. The second-order valence-electron chi connectivity index (χ2n) is 8.62. The van der Waals surface area contributed by atoms with Gasteiger partial charge in [-0.2, -0.15) is 9.61 Å². The molecule has 2 atom stereocenters. The third-order valence-corrected chi connectivity index (χ3v) is 6.84. The molecule has 4 aromatic rings. The van der Waals surface area contributed by atoms with E-state index in [-0.39, 0.29) is 5.91 Å². The molecule has 1 aliphatic rings. The first-order valence-electron chi connectivity index (χ1n) is 10.9. The molecule has 10 nitrogen and oxygen atoms in total. The average Bonchev–Trinajstić information content (AvgIpc) is 3.43. The zero-order chi connectivity index (χ0) is 23.3. The first-order chi connectivity index (χ1) is 15.8. The number of likely N-dealkylation sites (N-methyl/N-ethyl adjacent to an activating group) is 1. The van der Waals surface area contributed by atoms with E-state index in [1.807, 2.05) is 43.3 Å². The number of nitrogens with one attached hydrogen (secondary N) is 1. The van der Waals surface area contributed by atoms with Crippen molar-refractivity contribution in [3.05, 3.63) is 35.1 Å². The van der Waals surface area contributed by atoms with Crippen LogP contribution in [0.25, 0.3) is 27.9 Å². The van der Waals surface area contributed by atoms with Crippen molar-refractivity contribution in [3.63, 3.8) is 0 Å². The molecule has 1 unspecified atom stereocenters. The summed E-state index contributed by atoms with van der Waals surface area (Å²) in [6, 6.07) is 5.71. The van der Waals surface area contributed by atoms with Crippen LogP contribution in [0.2, 0.25) is 0 Å². The third kappa shape index (κ3) is 3.95. The molecule has 0 spiro atoms. The topological polar surface area (TPSA) is 96.5 Å². The highest BCUT2D eigenvalue weighted by atomic mass is 79.9. The van der Waals surface area contributed by atoms with Gasteiger partial charge in [0.15, 0.2) is 11.5 Å². The van der Waals surface area contributed by atoms with Gasteiger partial charge in [0.25, 0.3) is 0 Å². The Labute approximate surface area is 199 Å². The Kier molecular flexibility index (Phi) is 5.53. The summed E-state index contributed by atoms with van der Waals surface area (Å²) in [5.74, 6) is 1.06. The second-order valence-corrected chi connectivity index (χ2v) is 9.48. The van der Waals surface area contributed by atoms with Gasteiger partial charge in [-0.15, -0.1) is 5.10 Å². The Morgan fingerprint density at radius 1 is 1.24 bits per heavy atom. The minimum absolute atomic E-state index is 0.0460. The first kappa shape index (κ1) is 21.8. The lowest BCUT2D eigenvalue weighted by Crippen LogP contribution is -2.54. The van der Waals surface area contributed by atoms with Crippen LogP contribution in [0.15, 0.2) is 35.1 Å². The summed E-state index contributed by atoms with van der Waals surface area (Å²) in [6.45, 7) is 6.29. The number of hydrogen-bond acceptors (Lipinski definition) is 7. The summed E-state index contributed by atoms with van der Waals surface area (Å²) >= 11 is 3.60. The lowest BCUT2D eigenvalue weighted by atomic mass is 10.2. The van der Waals surface area contributed by atoms with Crippen molar-refractivity contribution in [3.8, 4) is 11.4 Å². The number of carbonyl (C=O) groups excluding carboxylic acids is 1. The van der Waals surface area contributed by atoms with Crippen molar-refractivity contribution in [2.45, 2.75) is 25.9 Å². The van der Waals surface area contributed by atoms with E-state index in [9.17, 15) is 4.79 Å². The highest BCUT2D eigenvalue weighted by molar-refractivity contribution is 9.10. The number of fused-ring (bicyclic) bond motifs is 3. The standard InChI is InChI=1S/C22H26BrN9O/c1-13-11-31(9-8-29(13)3)21(33)14(2)25-22-26-18-16(6-5-7-17(18)23)20-27-19(28-32(20)22)15-10-24-30(4)12-15/h5-7,10,12-14H,8-9,11H2,1-4H3,(H,25,26)/t13-,14?/m1/s1. The number of halogens is 1. The number of amides is 1. The number of anilines is 1. The van der Waals surface area contributed by atoms with Gasteiger partial charge in [0.1, 0.15) is 6.04 Å². The van der Waals surface area contributed by atoms with Gasteiger partial charge in [0, 0.05) is 48.8 Å². The van der Waals surface area contributed by atoms with Crippen LogP contribution in [-0.4, -0.2) is 83.8 Å². The number of carbonyl (C=O) groups is 1. The van der Waals surface area contributed by atoms with Gasteiger partial charge in [0.2, 0.25) is 11.9 Å². The summed E-state index contributed by atoms with van der Waals surface area (Å²) in [5.41, 5.74) is 2.23. The zero-order valence-electron chi connectivity index (χ0n) is 19.0. The summed E-state index contributed by atoms with van der Waals surface area (Å²) in [4.78, 5) is 27.0. The molecule has 1 saturated heterocycles. The highest BCUT2D eigenvalue weighted by Crippen LogP contribution is 2.28. The molecule has 172 valence electrons. The van der Waals surface area contributed by atoms with E-state index < -0.39 is 6.04 Å². The van der Waals surface area contributed by atoms with E-state index in [1.165, 1.54) is 0 Å². The van der Waals surface area contributed by atoms with Crippen molar-refractivity contribution in [2.24, 2.45) is 7.05 Å². The molecule has 0 saturated carbocycles. The number of hydrogen-bond donors (Lipinski definition) is 1. The maximum absolute atomic E-state index is 13.2. The molecule has 1 aromatic carbocycles. The molecule has 0 radical (unpaired) electrons. The van der Waals surface area contributed by atoms with Crippen LogP contribution in [0.4, 0.5) is 5.95 Å². The smallest absolute Gasteiger partial charge is 0.244 e. The quantitative estimate of drug-likeness (QED) is 0.449. The minimum atomic E-state index is -0.470. The first-order valence-corrected chi connectivity index (χ1v) is 11.7. The Bertz CT molecular complexity index is 1350. The van der Waals surface area contributed by atoms with Gasteiger partial charge in [0.05, 0.1) is 17.3 Å². The van der Waals surface area contributed by atoms with Gasteiger partial charge in [-0.25, -0.2) is 9.97 Å². The summed E-state index contributed by atoms with van der Waals surface area (Å²) < 4.78 is 4.24. The van der Waals surface area contributed by atoms with Gasteiger partial charge < -0.3 is 15.1 Å². The molecule has 1 fully saturated rings. The fourth-order valence-corrected chi connectivity index (χ4v) is 4.58. The van der Waals surface area contributed by atoms with Gasteiger partial charge in [-0.05, 0) is 49.0 Å². The van der Waals surface area contributed by atoms with Crippen molar-refractivity contribution < 1.29 is 4.79 Å². The number of nitrogens with zero attached hydrogens (tertiary/aromatic N) is 8. The van der Waals surface area contributed by atoms with Crippen molar-refractivity contribution in [1.29, 1.82) is 0 Å². The number of piperazine rings is 1. The second kappa shape index (κ2) is 8.38. The largest absolute Gasteiger partial charge is 0.343 e. The van der Waals surface area contributed by atoms with Crippen molar-refractivity contribution in [2.75, 3.05) is 32.0 Å². The monoisotopic (exact) mass is 511 g/mol. The maximum Gasteiger partial charge on any atom is 0.244 e. The number of para-hydroxylation sites is 1. The van der Waals surface area contributed by atoms with Crippen molar-refractivity contribution in [1.82, 2.24) is 39.2 Å². The molecule has 3 aromatic heterocycles. The molecular formula is C22H26BrN9O. The van der Waals surface area contributed by atoms with Crippen LogP contribution in [0, 0.1) is 0 Å². The van der Waals surface area contributed by atoms with Gasteiger partial charge in [-0.3, -0.25) is 9.48 Å². The molecule has 1 N–H and O–H groups in total. The van der Waals surface area contributed by atoms with Crippen LogP contribution in [0.5, 0.6) is 0 Å². The molecular weight excluding hydrogens is 486 g/mol. The summed E-state index contributed by atoms with van der Waals surface area (Å²) in [5, 5.41) is 13.1. The molecule has 0 aliphatic carbocycles. The highest BCUT2D eigenvalue weighted by Gasteiger charge is 2.28. The normalized spacial score (nSPS) is 18.2. The number of aromatic nitrogens is 6. The fourth-order valence-electron chi connectivity index (χ4n) is 4.13. The number of benzene rings is 1. The fraction of sp³-hybridized carbons (Fsp3) is 0.409. The Morgan fingerprint density at radius 2 is 2.06 bits per heavy atom. The number of aryl methyl sites for hydroxylation is 1. The Balaban J connectivity index is 1.54. The van der Waals surface area contributed by atoms with E-state index in [2.05, 4.69) is 45.2 Å². The molecule has 4 heterocycles. The predicted octanol–water partition coefficient (Wildman–Crippen LogP) is 2.40. The Hall–Kier alpha value is -3.05. The van der Waals surface area contributed by atoms with E-state index in [4.69, 9.17) is 15.1 Å². The zero-order valence-corrected chi connectivity index (χ0v) is 20.6. The lowest BCUT2D eigenvalue weighted by molar-refractivity contribution is -0.134. The average molecular weight is 512 g/mol. The Morgan fingerprint density at radius 3 is 2.79 bits per heavy atom. The van der Waals surface area contributed by atoms with E-state index >= 15 is 0 Å². The van der Waals surface area contributed by atoms with Gasteiger partial charge >= 0.3 is 0 Å². The van der Waals surface area contributed by atoms with E-state index in [0.717, 1.165) is 27.5 Å². The SMILES string of the molecule is CC(Nc1nc2c(Br)cccc2c2nc(-c3cnn(C)c3)nn12)C(=O)N1CCN(C)[C@H](C)C1. The molecule has 1 amide bonds. The third-order valence-electron chi connectivity index (χ3n) is 6.20. The van der Waals surface area contributed by atoms with E-state index in [0.29, 0.717) is 36.6 Å².